The minimum Gasteiger partial charge on any atom is -0.496 e. The van der Waals surface area contributed by atoms with Gasteiger partial charge in [0.05, 0.1) is 18.4 Å². The molecule has 0 saturated carbocycles. The second-order valence-electron chi connectivity index (χ2n) is 4.34. The van der Waals surface area contributed by atoms with Crippen molar-refractivity contribution in [1.82, 2.24) is 4.98 Å². The molecule has 0 aliphatic heterocycles. The first-order valence-electron chi connectivity index (χ1n) is 5.97. The lowest BCUT2D eigenvalue weighted by atomic mass is 10.0. The van der Waals surface area contributed by atoms with Gasteiger partial charge in [0.25, 0.3) is 6.01 Å². The maximum Gasteiger partial charge on any atom is 0.292 e. The van der Waals surface area contributed by atoms with E-state index in [1.807, 2.05) is 26.8 Å². The summed E-state index contributed by atoms with van der Waals surface area (Å²) in [5.41, 5.74) is 9.69. The third-order valence-electron chi connectivity index (χ3n) is 2.94. The first-order valence-corrected chi connectivity index (χ1v) is 5.97. The fraction of sp³-hybridized carbons (Fsp3) is 0.357. The van der Waals surface area contributed by atoms with Crippen LogP contribution >= 0.6 is 0 Å². The zero-order valence-electron chi connectivity index (χ0n) is 11.2. The van der Waals surface area contributed by atoms with Crippen molar-refractivity contribution in [1.29, 1.82) is 0 Å². The SMILES string of the molecule is CCc1nc(N)oc1-c1c(C)cc(C)cc1OC. The number of aromatic nitrogens is 1. The summed E-state index contributed by atoms with van der Waals surface area (Å²) in [6.45, 7) is 6.09. The summed E-state index contributed by atoms with van der Waals surface area (Å²) in [5.74, 6) is 1.50. The fourth-order valence-corrected chi connectivity index (χ4v) is 2.19. The van der Waals surface area contributed by atoms with Gasteiger partial charge < -0.3 is 14.9 Å². The molecule has 4 heteroatoms. The molecule has 0 spiro atoms. The van der Waals surface area contributed by atoms with Crippen LogP contribution in [0.5, 0.6) is 5.75 Å². The Morgan fingerprint density at radius 2 is 2.06 bits per heavy atom. The lowest BCUT2D eigenvalue weighted by Crippen LogP contribution is -1.94. The number of nitrogen functional groups attached to an aromatic ring is 1. The number of nitrogens with two attached hydrogens (primary N) is 1. The summed E-state index contributed by atoms with van der Waals surface area (Å²) in [4.78, 5) is 4.20. The van der Waals surface area contributed by atoms with E-state index < -0.39 is 0 Å². The van der Waals surface area contributed by atoms with E-state index >= 15 is 0 Å². The molecular weight excluding hydrogens is 228 g/mol. The second kappa shape index (κ2) is 4.72. The van der Waals surface area contributed by atoms with E-state index in [4.69, 9.17) is 14.9 Å². The van der Waals surface area contributed by atoms with Gasteiger partial charge in [-0.25, -0.2) is 0 Å². The monoisotopic (exact) mass is 246 g/mol. The average Bonchev–Trinajstić information content (AvgIpc) is 2.68. The molecule has 1 heterocycles. The molecule has 0 saturated heterocycles. The highest BCUT2D eigenvalue weighted by molar-refractivity contribution is 5.72. The zero-order chi connectivity index (χ0) is 13.3. The fourth-order valence-electron chi connectivity index (χ4n) is 2.19. The van der Waals surface area contributed by atoms with E-state index in [2.05, 4.69) is 11.1 Å². The van der Waals surface area contributed by atoms with Crippen LogP contribution in [0.4, 0.5) is 6.01 Å². The number of hydrogen-bond donors (Lipinski definition) is 1. The number of nitrogens with zero attached hydrogens (tertiary/aromatic N) is 1. The van der Waals surface area contributed by atoms with Crippen molar-refractivity contribution in [2.24, 2.45) is 0 Å². The van der Waals surface area contributed by atoms with Crippen LogP contribution in [0.15, 0.2) is 16.5 Å². The maximum absolute atomic E-state index is 5.65. The van der Waals surface area contributed by atoms with Crippen LogP contribution in [0.25, 0.3) is 11.3 Å². The molecule has 0 radical (unpaired) electrons. The molecule has 1 aromatic carbocycles. The number of benzene rings is 1. The van der Waals surface area contributed by atoms with E-state index in [1.165, 1.54) is 0 Å². The van der Waals surface area contributed by atoms with E-state index in [0.717, 1.165) is 34.6 Å². The Hall–Kier alpha value is -1.97. The van der Waals surface area contributed by atoms with Crippen LogP contribution in [-0.4, -0.2) is 12.1 Å². The van der Waals surface area contributed by atoms with Crippen molar-refractivity contribution in [2.75, 3.05) is 12.8 Å². The molecule has 2 rings (SSSR count). The molecule has 96 valence electrons. The molecule has 1 aromatic heterocycles. The minimum atomic E-state index is 0.198. The van der Waals surface area contributed by atoms with Crippen molar-refractivity contribution >= 4 is 6.01 Å². The molecule has 0 aliphatic rings. The van der Waals surface area contributed by atoms with Gasteiger partial charge in [-0.05, 0) is 37.5 Å². The molecule has 0 unspecified atom stereocenters. The highest BCUT2D eigenvalue weighted by Crippen LogP contribution is 2.37. The second-order valence-corrected chi connectivity index (χ2v) is 4.34. The summed E-state index contributed by atoms with van der Waals surface area (Å²) in [5, 5.41) is 0. The van der Waals surface area contributed by atoms with Crippen molar-refractivity contribution in [3.05, 3.63) is 29.0 Å². The number of oxazole rings is 1. The molecule has 18 heavy (non-hydrogen) atoms. The van der Waals surface area contributed by atoms with Gasteiger partial charge in [0.15, 0.2) is 5.76 Å². The standard InChI is InChI=1S/C14H18N2O2/c1-5-10-13(18-14(15)16-10)12-9(3)6-8(2)7-11(12)17-4/h6-7H,5H2,1-4H3,(H2,15,16). The molecule has 0 fully saturated rings. The zero-order valence-corrected chi connectivity index (χ0v) is 11.2. The minimum absolute atomic E-state index is 0.198. The van der Waals surface area contributed by atoms with Gasteiger partial charge in [-0.1, -0.05) is 13.0 Å². The smallest absolute Gasteiger partial charge is 0.292 e. The van der Waals surface area contributed by atoms with E-state index in [-0.39, 0.29) is 6.01 Å². The molecule has 0 atom stereocenters. The van der Waals surface area contributed by atoms with Gasteiger partial charge in [-0.15, -0.1) is 0 Å². The number of aryl methyl sites for hydroxylation is 3. The molecule has 0 aliphatic carbocycles. The van der Waals surface area contributed by atoms with Crippen LogP contribution in [0, 0.1) is 13.8 Å². The largest absolute Gasteiger partial charge is 0.496 e. The topological polar surface area (TPSA) is 61.3 Å². The number of rotatable bonds is 3. The normalized spacial score (nSPS) is 10.7. The Balaban J connectivity index is 2.69. The number of hydrogen-bond acceptors (Lipinski definition) is 4. The Morgan fingerprint density at radius 3 is 2.67 bits per heavy atom. The van der Waals surface area contributed by atoms with E-state index in [0.29, 0.717) is 5.76 Å². The van der Waals surface area contributed by atoms with Gasteiger partial charge in [-0.3, -0.25) is 0 Å². The third kappa shape index (κ3) is 2.06. The quantitative estimate of drug-likeness (QED) is 0.903. The average molecular weight is 246 g/mol. The van der Waals surface area contributed by atoms with Crippen LogP contribution < -0.4 is 10.5 Å². The van der Waals surface area contributed by atoms with Crippen LogP contribution in [0.1, 0.15) is 23.7 Å². The van der Waals surface area contributed by atoms with Crippen LogP contribution in [0.3, 0.4) is 0 Å². The van der Waals surface area contributed by atoms with Crippen molar-refractivity contribution < 1.29 is 9.15 Å². The molecule has 4 nitrogen and oxygen atoms in total. The number of methoxy groups -OCH3 is 1. The first kappa shape index (κ1) is 12.5. The lowest BCUT2D eigenvalue weighted by molar-refractivity contribution is 0.414. The molecule has 2 aromatic rings. The lowest BCUT2D eigenvalue weighted by Gasteiger charge is -2.11. The van der Waals surface area contributed by atoms with Gasteiger partial charge in [0.2, 0.25) is 0 Å². The Kier molecular flexibility index (Phi) is 3.28. The predicted octanol–water partition coefficient (Wildman–Crippen LogP) is 3.11. The van der Waals surface area contributed by atoms with E-state index in [1.54, 1.807) is 7.11 Å². The van der Waals surface area contributed by atoms with Gasteiger partial charge in [-0.2, -0.15) is 4.98 Å². The highest BCUT2D eigenvalue weighted by atomic mass is 16.5. The van der Waals surface area contributed by atoms with Crippen molar-refractivity contribution in [3.8, 4) is 17.1 Å². The molecule has 0 amide bonds. The molecule has 0 bridgehead atoms. The van der Waals surface area contributed by atoms with E-state index in [9.17, 15) is 0 Å². The maximum atomic E-state index is 5.65. The predicted molar refractivity (Wildman–Crippen MR) is 71.8 cm³/mol. The van der Waals surface area contributed by atoms with Crippen LogP contribution in [0.2, 0.25) is 0 Å². The summed E-state index contributed by atoms with van der Waals surface area (Å²) < 4.78 is 11.0. The van der Waals surface area contributed by atoms with Gasteiger partial charge >= 0.3 is 0 Å². The number of ether oxygens (including phenoxy) is 1. The highest BCUT2D eigenvalue weighted by Gasteiger charge is 2.19. The van der Waals surface area contributed by atoms with Gasteiger partial charge in [0, 0.05) is 0 Å². The van der Waals surface area contributed by atoms with Crippen molar-refractivity contribution in [2.45, 2.75) is 27.2 Å². The van der Waals surface area contributed by atoms with Crippen molar-refractivity contribution in [3.63, 3.8) is 0 Å². The summed E-state index contributed by atoms with van der Waals surface area (Å²) in [6.07, 6.45) is 0.770. The third-order valence-corrected chi connectivity index (χ3v) is 2.94. The Labute approximate surface area is 107 Å². The first-order chi connectivity index (χ1) is 8.56. The molecular formula is C14H18N2O2. The molecule has 2 N–H and O–H groups in total. The summed E-state index contributed by atoms with van der Waals surface area (Å²) >= 11 is 0. The Morgan fingerprint density at radius 1 is 1.33 bits per heavy atom. The Bertz CT molecular complexity index is 573. The summed E-state index contributed by atoms with van der Waals surface area (Å²) in [7, 11) is 1.66. The van der Waals surface area contributed by atoms with Gasteiger partial charge in [0.1, 0.15) is 5.75 Å². The summed E-state index contributed by atoms with van der Waals surface area (Å²) in [6, 6.07) is 4.28. The number of anilines is 1. The van der Waals surface area contributed by atoms with Crippen LogP contribution in [-0.2, 0) is 6.42 Å².